The van der Waals surface area contributed by atoms with Gasteiger partial charge in [-0.15, -0.1) is 0 Å². The van der Waals surface area contributed by atoms with Crippen LogP contribution in [0.1, 0.15) is 38.3 Å². The molecule has 0 amide bonds. The van der Waals surface area contributed by atoms with Crippen molar-refractivity contribution in [1.82, 2.24) is 4.98 Å². The van der Waals surface area contributed by atoms with E-state index in [0.717, 1.165) is 12.1 Å². The number of ketones is 1. The molecule has 2 nitrogen and oxygen atoms in total. The van der Waals surface area contributed by atoms with E-state index in [4.69, 9.17) is 0 Å². The summed E-state index contributed by atoms with van der Waals surface area (Å²) < 4.78 is 0. The van der Waals surface area contributed by atoms with Crippen LogP contribution in [-0.4, -0.2) is 10.8 Å². The second-order valence-corrected chi connectivity index (χ2v) is 3.27. The van der Waals surface area contributed by atoms with E-state index in [0.29, 0.717) is 12.3 Å². The van der Waals surface area contributed by atoms with Gasteiger partial charge >= 0.3 is 0 Å². The molecule has 0 bridgehead atoms. The number of pyridine rings is 1. The maximum atomic E-state index is 11.0. The van der Waals surface area contributed by atoms with Crippen molar-refractivity contribution in [2.24, 2.45) is 0 Å². The lowest BCUT2D eigenvalue weighted by Gasteiger charge is -2.11. The standard InChI is InChI=1S/C11H15NO/c1-3-10(8-9(2)13)11-6-4-5-7-12-11/h4-7,10H,3,8H2,1-2H3. The van der Waals surface area contributed by atoms with Crippen LogP contribution in [0.5, 0.6) is 0 Å². The Morgan fingerprint density at radius 1 is 1.54 bits per heavy atom. The van der Waals surface area contributed by atoms with Crippen molar-refractivity contribution in [1.29, 1.82) is 0 Å². The van der Waals surface area contributed by atoms with E-state index in [1.807, 2.05) is 18.2 Å². The molecular formula is C11H15NO. The molecule has 1 aromatic rings. The molecule has 1 unspecified atom stereocenters. The van der Waals surface area contributed by atoms with E-state index in [9.17, 15) is 4.79 Å². The third kappa shape index (κ3) is 2.98. The Morgan fingerprint density at radius 2 is 2.31 bits per heavy atom. The summed E-state index contributed by atoms with van der Waals surface area (Å²) in [6, 6.07) is 5.84. The van der Waals surface area contributed by atoms with Gasteiger partial charge < -0.3 is 4.79 Å². The minimum absolute atomic E-state index is 0.234. The highest BCUT2D eigenvalue weighted by molar-refractivity contribution is 5.76. The molecule has 13 heavy (non-hydrogen) atoms. The predicted molar refractivity (Wildman–Crippen MR) is 52.6 cm³/mol. The van der Waals surface area contributed by atoms with Crippen molar-refractivity contribution in [3.8, 4) is 0 Å². The maximum Gasteiger partial charge on any atom is 0.130 e. The molecule has 1 aromatic heterocycles. The van der Waals surface area contributed by atoms with Gasteiger partial charge in [-0.25, -0.2) is 0 Å². The van der Waals surface area contributed by atoms with E-state index in [-0.39, 0.29) is 5.78 Å². The zero-order valence-electron chi connectivity index (χ0n) is 8.16. The van der Waals surface area contributed by atoms with Crippen LogP contribution >= 0.6 is 0 Å². The molecule has 0 radical (unpaired) electrons. The van der Waals surface area contributed by atoms with Gasteiger partial charge in [0.2, 0.25) is 0 Å². The Kier molecular flexibility index (Phi) is 3.62. The first-order chi connectivity index (χ1) is 6.24. The number of hydrogen-bond donors (Lipinski definition) is 0. The van der Waals surface area contributed by atoms with Crippen LogP contribution < -0.4 is 0 Å². The SMILES string of the molecule is CCC(CC(C)=O)c1ccccn1. The largest absolute Gasteiger partial charge is 0.300 e. The quantitative estimate of drug-likeness (QED) is 0.707. The van der Waals surface area contributed by atoms with Gasteiger partial charge in [0.25, 0.3) is 0 Å². The molecule has 0 saturated carbocycles. The molecule has 0 aliphatic carbocycles. The fraction of sp³-hybridized carbons (Fsp3) is 0.455. The molecule has 1 heterocycles. The molecule has 0 aliphatic heterocycles. The average molecular weight is 177 g/mol. The Balaban J connectivity index is 2.73. The van der Waals surface area contributed by atoms with Crippen molar-refractivity contribution in [3.63, 3.8) is 0 Å². The molecule has 1 rings (SSSR count). The van der Waals surface area contributed by atoms with Gasteiger partial charge in [0.05, 0.1) is 0 Å². The van der Waals surface area contributed by atoms with Crippen LogP contribution in [0, 0.1) is 0 Å². The topological polar surface area (TPSA) is 30.0 Å². The lowest BCUT2D eigenvalue weighted by atomic mass is 9.96. The number of aromatic nitrogens is 1. The number of nitrogens with zero attached hydrogens (tertiary/aromatic N) is 1. The Morgan fingerprint density at radius 3 is 2.77 bits per heavy atom. The lowest BCUT2D eigenvalue weighted by molar-refractivity contribution is -0.117. The van der Waals surface area contributed by atoms with Crippen molar-refractivity contribution < 1.29 is 4.79 Å². The second-order valence-electron chi connectivity index (χ2n) is 3.27. The number of hydrogen-bond acceptors (Lipinski definition) is 2. The van der Waals surface area contributed by atoms with Crippen LogP contribution in [0.3, 0.4) is 0 Å². The zero-order chi connectivity index (χ0) is 9.68. The molecule has 0 spiro atoms. The van der Waals surface area contributed by atoms with Crippen molar-refractivity contribution >= 4 is 5.78 Å². The highest BCUT2D eigenvalue weighted by Gasteiger charge is 2.11. The summed E-state index contributed by atoms with van der Waals surface area (Å²) in [4.78, 5) is 15.2. The molecule has 0 saturated heterocycles. The second kappa shape index (κ2) is 4.75. The molecular weight excluding hydrogens is 162 g/mol. The highest BCUT2D eigenvalue weighted by atomic mass is 16.1. The smallest absolute Gasteiger partial charge is 0.130 e. The van der Waals surface area contributed by atoms with E-state index in [1.54, 1.807) is 13.1 Å². The average Bonchev–Trinajstić information content (AvgIpc) is 2.15. The normalized spacial score (nSPS) is 12.5. The van der Waals surface area contributed by atoms with Crippen LogP contribution in [0.4, 0.5) is 0 Å². The van der Waals surface area contributed by atoms with Crippen LogP contribution in [0.15, 0.2) is 24.4 Å². The molecule has 0 aliphatic rings. The van der Waals surface area contributed by atoms with E-state index >= 15 is 0 Å². The van der Waals surface area contributed by atoms with Gasteiger partial charge in [0.15, 0.2) is 0 Å². The summed E-state index contributed by atoms with van der Waals surface area (Å²) >= 11 is 0. The monoisotopic (exact) mass is 177 g/mol. The summed E-state index contributed by atoms with van der Waals surface area (Å²) in [5.74, 6) is 0.524. The fourth-order valence-electron chi connectivity index (χ4n) is 1.42. The maximum absolute atomic E-state index is 11.0. The van der Waals surface area contributed by atoms with E-state index in [1.165, 1.54) is 0 Å². The molecule has 0 aromatic carbocycles. The first kappa shape index (κ1) is 9.90. The van der Waals surface area contributed by atoms with E-state index in [2.05, 4.69) is 11.9 Å². The highest BCUT2D eigenvalue weighted by Crippen LogP contribution is 2.20. The summed E-state index contributed by atoms with van der Waals surface area (Å²) in [6.45, 7) is 3.72. The number of carbonyl (C=O) groups is 1. The summed E-state index contributed by atoms with van der Waals surface area (Å²) in [6.07, 6.45) is 3.35. The molecule has 0 N–H and O–H groups in total. The zero-order valence-corrected chi connectivity index (χ0v) is 8.16. The van der Waals surface area contributed by atoms with Gasteiger partial charge in [-0.3, -0.25) is 4.98 Å². The van der Waals surface area contributed by atoms with Crippen molar-refractivity contribution in [2.45, 2.75) is 32.6 Å². The van der Waals surface area contributed by atoms with Crippen LogP contribution in [-0.2, 0) is 4.79 Å². The van der Waals surface area contributed by atoms with Crippen LogP contribution in [0.25, 0.3) is 0 Å². The Labute approximate surface area is 79.0 Å². The summed E-state index contributed by atoms with van der Waals surface area (Å²) in [5.41, 5.74) is 1.03. The van der Waals surface area contributed by atoms with Crippen LogP contribution in [0.2, 0.25) is 0 Å². The minimum Gasteiger partial charge on any atom is -0.300 e. The molecule has 70 valence electrons. The first-order valence-corrected chi connectivity index (χ1v) is 4.64. The lowest BCUT2D eigenvalue weighted by Crippen LogP contribution is -2.04. The molecule has 2 heteroatoms. The van der Waals surface area contributed by atoms with Crippen molar-refractivity contribution in [3.05, 3.63) is 30.1 Å². The summed E-state index contributed by atoms with van der Waals surface area (Å²) in [7, 11) is 0. The number of rotatable bonds is 4. The number of Topliss-reactive ketones (excluding diaryl/α,β-unsaturated/α-hetero) is 1. The minimum atomic E-state index is 0.234. The third-order valence-corrected chi connectivity index (χ3v) is 2.13. The van der Waals surface area contributed by atoms with Gasteiger partial charge in [-0.2, -0.15) is 0 Å². The van der Waals surface area contributed by atoms with E-state index < -0.39 is 0 Å². The predicted octanol–water partition coefficient (Wildman–Crippen LogP) is 2.55. The van der Waals surface area contributed by atoms with Crippen molar-refractivity contribution in [2.75, 3.05) is 0 Å². The Bertz CT molecular complexity index is 269. The molecule has 0 fully saturated rings. The first-order valence-electron chi connectivity index (χ1n) is 4.64. The summed E-state index contributed by atoms with van der Waals surface area (Å²) in [5, 5.41) is 0. The third-order valence-electron chi connectivity index (χ3n) is 2.13. The van der Waals surface area contributed by atoms with Gasteiger partial charge in [0, 0.05) is 24.2 Å². The van der Waals surface area contributed by atoms with Gasteiger partial charge in [0.1, 0.15) is 5.78 Å². The van der Waals surface area contributed by atoms with Gasteiger partial charge in [-0.05, 0) is 25.5 Å². The molecule has 1 atom stereocenters. The fourth-order valence-corrected chi connectivity index (χ4v) is 1.42. The Hall–Kier alpha value is -1.18. The number of carbonyl (C=O) groups excluding carboxylic acids is 1. The van der Waals surface area contributed by atoms with Gasteiger partial charge in [-0.1, -0.05) is 13.0 Å².